The first-order valence-electron chi connectivity index (χ1n) is 7.41. The maximum atomic E-state index is 12.4. The van der Waals surface area contributed by atoms with E-state index < -0.39 is 0 Å². The zero-order chi connectivity index (χ0) is 15.2. The first-order chi connectivity index (χ1) is 9.37. The summed E-state index contributed by atoms with van der Waals surface area (Å²) in [6, 6.07) is 3.72. The molecule has 4 nitrogen and oxygen atoms in total. The van der Waals surface area contributed by atoms with Gasteiger partial charge in [0.05, 0.1) is 5.56 Å². The molecule has 0 aromatic carbocycles. The van der Waals surface area contributed by atoms with E-state index in [9.17, 15) is 4.79 Å². The standard InChI is InChI=1S/C16H27N3O/c1-6-10-19(11-7-2)15(20)13-8-9-14(17-12-13)18-16(3,4)5/h8-9,12H,6-7,10-11H2,1-5H3,(H,17,18). The fourth-order valence-corrected chi connectivity index (χ4v) is 2.02. The molecule has 0 aliphatic carbocycles. The quantitative estimate of drug-likeness (QED) is 0.865. The van der Waals surface area contributed by atoms with Crippen LogP contribution in [0.5, 0.6) is 0 Å². The van der Waals surface area contributed by atoms with E-state index in [1.165, 1.54) is 0 Å². The topological polar surface area (TPSA) is 45.2 Å². The van der Waals surface area contributed by atoms with Crippen LogP contribution in [0.1, 0.15) is 57.8 Å². The first kappa shape index (κ1) is 16.5. The Morgan fingerprint density at radius 2 is 1.80 bits per heavy atom. The van der Waals surface area contributed by atoms with Crippen LogP contribution in [0.2, 0.25) is 0 Å². The Bertz CT molecular complexity index is 414. The van der Waals surface area contributed by atoms with Crippen molar-refractivity contribution in [2.75, 3.05) is 18.4 Å². The molecule has 20 heavy (non-hydrogen) atoms. The summed E-state index contributed by atoms with van der Waals surface area (Å²) in [7, 11) is 0. The van der Waals surface area contributed by atoms with Gasteiger partial charge in [-0.1, -0.05) is 13.8 Å². The average molecular weight is 277 g/mol. The number of hydrogen-bond acceptors (Lipinski definition) is 3. The Morgan fingerprint density at radius 3 is 2.20 bits per heavy atom. The van der Waals surface area contributed by atoms with Crippen LogP contribution in [-0.2, 0) is 0 Å². The van der Waals surface area contributed by atoms with Gasteiger partial charge in [0.2, 0.25) is 0 Å². The SMILES string of the molecule is CCCN(CCC)C(=O)c1ccc(NC(C)(C)C)nc1. The highest BCUT2D eigenvalue weighted by Gasteiger charge is 2.15. The van der Waals surface area contributed by atoms with Crippen LogP contribution in [0, 0.1) is 0 Å². The summed E-state index contributed by atoms with van der Waals surface area (Å²) in [6.45, 7) is 12.0. The van der Waals surface area contributed by atoms with E-state index in [1.54, 1.807) is 6.20 Å². The molecule has 1 heterocycles. The van der Waals surface area contributed by atoms with E-state index in [1.807, 2.05) is 17.0 Å². The van der Waals surface area contributed by atoms with Crippen LogP contribution >= 0.6 is 0 Å². The van der Waals surface area contributed by atoms with Crippen LogP contribution < -0.4 is 5.32 Å². The minimum Gasteiger partial charge on any atom is -0.365 e. The number of pyridine rings is 1. The molecule has 0 saturated carbocycles. The van der Waals surface area contributed by atoms with E-state index >= 15 is 0 Å². The molecule has 0 saturated heterocycles. The van der Waals surface area contributed by atoms with Crippen molar-refractivity contribution in [1.29, 1.82) is 0 Å². The highest BCUT2D eigenvalue weighted by molar-refractivity contribution is 5.94. The molecular formula is C16H27N3O. The van der Waals surface area contributed by atoms with Crippen LogP contribution in [0.15, 0.2) is 18.3 Å². The lowest BCUT2D eigenvalue weighted by molar-refractivity contribution is 0.0755. The number of aromatic nitrogens is 1. The van der Waals surface area contributed by atoms with Crippen molar-refractivity contribution in [3.8, 4) is 0 Å². The van der Waals surface area contributed by atoms with Gasteiger partial charge in [-0.25, -0.2) is 4.98 Å². The molecule has 0 aliphatic heterocycles. The molecule has 1 amide bonds. The average Bonchev–Trinajstić information content (AvgIpc) is 2.37. The minimum atomic E-state index is -0.0328. The lowest BCUT2D eigenvalue weighted by Crippen LogP contribution is -2.32. The normalized spacial score (nSPS) is 11.2. The number of amides is 1. The lowest BCUT2D eigenvalue weighted by atomic mass is 10.1. The Labute approximate surface area is 122 Å². The Hall–Kier alpha value is -1.58. The zero-order valence-electron chi connectivity index (χ0n) is 13.4. The van der Waals surface area contributed by atoms with Gasteiger partial charge in [0.25, 0.3) is 5.91 Å². The van der Waals surface area contributed by atoms with E-state index in [0.717, 1.165) is 31.7 Å². The van der Waals surface area contributed by atoms with Crippen LogP contribution in [0.25, 0.3) is 0 Å². The zero-order valence-corrected chi connectivity index (χ0v) is 13.4. The predicted octanol–water partition coefficient (Wildman–Crippen LogP) is 3.55. The molecule has 1 aromatic rings. The van der Waals surface area contributed by atoms with Gasteiger partial charge in [-0.2, -0.15) is 0 Å². The fraction of sp³-hybridized carbons (Fsp3) is 0.625. The van der Waals surface area contributed by atoms with Gasteiger partial charge in [0, 0.05) is 24.8 Å². The van der Waals surface area contributed by atoms with Gasteiger partial charge >= 0.3 is 0 Å². The highest BCUT2D eigenvalue weighted by Crippen LogP contribution is 2.13. The van der Waals surface area contributed by atoms with Crippen molar-refractivity contribution >= 4 is 11.7 Å². The molecule has 0 unspecified atom stereocenters. The molecule has 0 atom stereocenters. The summed E-state index contributed by atoms with van der Waals surface area (Å²) >= 11 is 0. The van der Waals surface area contributed by atoms with Crippen molar-refractivity contribution < 1.29 is 4.79 Å². The van der Waals surface area contributed by atoms with Crippen LogP contribution in [0.4, 0.5) is 5.82 Å². The van der Waals surface area contributed by atoms with Crippen molar-refractivity contribution in [2.24, 2.45) is 0 Å². The number of nitrogens with one attached hydrogen (secondary N) is 1. The second kappa shape index (κ2) is 7.27. The van der Waals surface area contributed by atoms with Crippen molar-refractivity contribution in [1.82, 2.24) is 9.88 Å². The summed E-state index contributed by atoms with van der Waals surface area (Å²) in [4.78, 5) is 18.6. The molecule has 1 N–H and O–H groups in total. The minimum absolute atomic E-state index is 0.0328. The third-order valence-corrected chi connectivity index (χ3v) is 2.79. The largest absolute Gasteiger partial charge is 0.365 e. The van der Waals surface area contributed by atoms with Gasteiger partial charge in [-0.05, 0) is 45.7 Å². The van der Waals surface area contributed by atoms with E-state index in [2.05, 4.69) is 44.9 Å². The number of rotatable bonds is 6. The second-order valence-electron chi connectivity index (χ2n) is 6.10. The van der Waals surface area contributed by atoms with Crippen molar-refractivity contribution in [3.63, 3.8) is 0 Å². The summed E-state index contributed by atoms with van der Waals surface area (Å²) in [5.41, 5.74) is 0.626. The predicted molar refractivity (Wildman–Crippen MR) is 84.1 cm³/mol. The van der Waals surface area contributed by atoms with Crippen molar-refractivity contribution in [3.05, 3.63) is 23.9 Å². The summed E-state index contributed by atoms with van der Waals surface area (Å²) < 4.78 is 0. The number of anilines is 1. The van der Waals surface area contributed by atoms with Crippen LogP contribution in [0.3, 0.4) is 0 Å². The Balaban J connectivity index is 2.78. The molecule has 0 aliphatic rings. The molecule has 0 radical (unpaired) electrons. The molecule has 0 bridgehead atoms. The fourth-order valence-electron chi connectivity index (χ4n) is 2.02. The van der Waals surface area contributed by atoms with E-state index in [4.69, 9.17) is 0 Å². The van der Waals surface area contributed by atoms with Crippen molar-refractivity contribution in [2.45, 2.75) is 53.0 Å². The van der Waals surface area contributed by atoms with Gasteiger partial charge in [-0.15, -0.1) is 0 Å². The summed E-state index contributed by atoms with van der Waals surface area (Å²) in [5, 5.41) is 3.29. The molecular weight excluding hydrogens is 250 g/mol. The second-order valence-corrected chi connectivity index (χ2v) is 6.10. The smallest absolute Gasteiger partial charge is 0.255 e. The molecule has 0 spiro atoms. The number of carbonyl (C=O) groups is 1. The van der Waals surface area contributed by atoms with Gasteiger partial charge in [-0.3, -0.25) is 4.79 Å². The molecule has 0 fully saturated rings. The lowest BCUT2D eigenvalue weighted by Gasteiger charge is -2.23. The van der Waals surface area contributed by atoms with Crippen LogP contribution in [-0.4, -0.2) is 34.4 Å². The number of nitrogens with zero attached hydrogens (tertiary/aromatic N) is 2. The molecule has 112 valence electrons. The summed E-state index contributed by atoms with van der Waals surface area (Å²) in [5.74, 6) is 0.870. The molecule has 1 rings (SSSR count). The van der Waals surface area contributed by atoms with Gasteiger partial charge in [0.15, 0.2) is 0 Å². The molecule has 1 aromatic heterocycles. The van der Waals surface area contributed by atoms with Gasteiger partial charge in [0.1, 0.15) is 5.82 Å². The third-order valence-electron chi connectivity index (χ3n) is 2.79. The highest BCUT2D eigenvalue weighted by atomic mass is 16.2. The molecule has 4 heteroatoms. The Kier molecular flexibility index (Phi) is 5.99. The number of hydrogen-bond donors (Lipinski definition) is 1. The Morgan fingerprint density at radius 1 is 1.20 bits per heavy atom. The number of carbonyl (C=O) groups excluding carboxylic acids is 1. The van der Waals surface area contributed by atoms with E-state index in [-0.39, 0.29) is 11.4 Å². The maximum Gasteiger partial charge on any atom is 0.255 e. The van der Waals surface area contributed by atoms with Gasteiger partial charge < -0.3 is 10.2 Å². The third kappa shape index (κ3) is 5.19. The maximum absolute atomic E-state index is 12.4. The first-order valence-corrected chi connectivity index (χ1v) is 7.41. The van der Waals surface area contributed by atoms with E-state index in [0.29, 0.717) is 5.56 Å². The monoisotopic (exact) mass is 277 g/mol. The summed E-state index contributed by atoms with van der Waals surface area (Å²) in [6.07, 6.45) is 3.61.